The normalized spacial score (nSPS) is 14.9. The lowest BCUT2D eigenvalue weighted by atomic mass is 10.2. The van der Waals surface area contributed by atoms with Gasteiger partial charge in [0.1, 0.15) is 0 Å². The predicted octanol–water partition coefficient (Wildman–Crippen LogP) is 1.62. The van der Waals surface area contributed by atoms with Gasteiger partial charge in [0.2, 0.25) is 0 Å². The number of carbonyl (C=O) groups is 1. The van der Waals surface area contributed by atoms with Crippen molar-refractivity contribution in [3.63, 3.8) is 0 Å². The van der Waals surface area contributed by atoms with Crippen molar-refractivity contribution in [2.45, 2.75) is 31.2 Å². The quantitative estimate of drug-likeness (QED) is 0.892. The molecule has 0 heterocycles. The third-order valence-corrected chi connectivity index (χ3v) is 3.55. The Morgan fingerprint density at radius 3 is 2.53 bits per heavy atom. The highest BCUT2D eigenvalue weighted by Gasteiger charge is 2.24. The third-order valence-electron chi connectivity index (χ3n) is 2.44. The van der Waals surface area contributed by atoms with Crippen molar-refractivity contribution < 1.29 is 13.2 Å². The molecule has 4 nitrogen and oxygen atoms in total. The summed E-state index contributed by atoms with van der Waals surface area (Å²) < 4.78 is 22.6. The first-order chi connectivity index (χ1) is 7.47. The van der Waals surface area contributed by atoms with Gasteiger partial charge in [-0.25, -0.2) is 8.42 Å². The average Bonchev–Trinajstić information content (AvgIpc) is 3.00. The zero-order valence-corrected chi connectivity index (χ0v) is 9.75. The van der Waals surface area contributed by atoms with Crippen LogP contribution in [-0.2, 0) is 9.84 Å². The van der Waals surface area contributed by atoms with Crippen molar-refractivity contribution in [1.82, 2.24) is 5.32 Å². The van der Waals surface area contributed by atoms with Gasteiger partial charge in [0.25, 0.3) is 5.91 Å². The second kappa shape index (κ2) is 4.87. The molecular weight excluding hydrogens is 238 g/mol. The Hall–Kier alpha value is -1.36. The van der Waals surface area contributed by atoms with E-state index >= 15 is 0 Å². The maximum atomic E-state index is 11.7. The molecule has 0 atom stereocenters. The minimum Gasteiger partial charge on any atom is -0.349 e. The lowest BCUT2D eigenvalue weighted by Gasteiger charge is -2.04. The molecule has 1 saturated carbocycles. The summed E-state index contributed by atoms with van der Waals surface area (Å²) in [7, 11) is -3.25. The SMILES string of the molecule is C.CS(=O)(=O)c1cccc(C(=O)NC2CC2)c1. The van der Waals surface area contributed by atoms with Gasteiger partial charge < -0.3 is 5.32 Å². The monoisotopic (exact) mass is 255 g/mol. The van der Waals surface area contributed by atoms with E-state index in [0.717, 1.165) is 19.1 Å². The molecule has 0 unspecified atom stereocenters. The number of hydrogen-bond acceptors (Lipinski definition) is 3. The fourth-order valence-corrected chi connectivity index (χ4v) is 2.03. The maximum Gasteiger partial charge on any atom is 0.251 e. The Morgan fingerprint density at radius 2 is 2.00 bits per heavy atom. The van der Waals surface area contributed by atoms with Gasteiger partial charge in [-0.2, -0.15) is 0 Å². The fourth-order valence-electron chi connectivity index (χ4n) is 1.36. The number of sulfone groups is 1. The van der Waals surface area contributed by atoms with Gasteiger partial charge >= 0.3 is 0 Å². The van der Waals surface area contributed by atoms with Crippen molar-refractivity contribution >= 4 is 15.7 Å². The molecule has 0 aromatic heterocycles. The summed E-state index contributed by atoms with van der Waals surface area (Å²) in [4.78, 5) is 11.8. The van der Waals surface area contributed by atoms with Crippen molar-refractivity contribution in [3.8, 4) is 0 Å². The van der Waals surface area contributed by atoms with Crippen molar-refractivity contribution in [1.29, 1.82) is 0 Å². The molecule has 0 bridgehead atoms. The zero-order valence-electron chi connectivity index (χ0n) is 8.93. The van der Waals surface area contributed by atoms with E-state index in [0.29, 0.717) is 5.56 Å². The average molecular weight is 255 g/mol. The van der Waals surface area contributed by atoms with E-state index in [2.05, 4.69) is 5.32 Å². The topological polar surface area (TPSA) is 63.2 Å². The molecule has 1 aliphatic carbocycles. The standard InChI is InChI=1S/C11H13NO3S.CH4/c1-16(14,15)10-4-2-3-8(7-10)11(13)12-9-5-6-9;/h2-4,7,9H,5-6H2,1H3,(H,12,13);1H4. The Labute approximate surface area is 102 Å². The molecule has 17 heavy (non-hydrogen) atoms. The Balaban J connectivity index is 0.00000144. The molecule has 1 amide bonds. The summed E-state index contributed by atoms with van der Waals surface area (Å²) in [5, 5.41) is 2.82. The van der Waals surface area contributed by atoms with Gasteiger partial charge in [-0.3, -0.25) is 4.79 Å². The summed E-state index contributed by atoms with van der Waals surface area (Å²) in [5.41, 5.74) is 0.398. The first-order valence-electron chi connectivity index (χ1n) is 5.08. The molecule has 1 aromatic rings. The molecule has 5 heteroatoms. The van der Waals surface area contributed by atoms with Crippen molar-refractivity contribution in [3.05, 3.63) is 29.8 Å². The fraction of sp³-hybridized carbons (Fsp3) is 0.417. The molecule has 0 radical (unpaired) electrons. The van der Waals surface area contributed by atoms with Crippen LogP contribution >= 0.6 is 0 Å². The highest BCUT2D eigenvalue weighted by molar-refractivity contribution is 7.90. The van der Waals surface area contributed by atoms with E-state index in [1.54, 1.807) is 12.1 Å². The van der Waals surface area contributed by atoms with Crippen LogP contribution in [0, 0.1) is 0 Å². The minimum absolute atomic E-state index is 0. The Morgan fingerprint density at radius 1 is 1.35 bits per heavy atom. The van der Waals surface area contributed by atoms with Crippen molar-refractivity contribution in [2.75, 3.05) is 6.26 Å². The van der Waals surface area contributed by atoms with Gasteiger partial charge in [0.15, 0.2) is 9.84 Å². The Kier molecular flexibility index (Phi) is 3.93. The van der Waals surface area contributed by atoms with Crippen LogP contribution < -0.4 is 5.32 Å². The van der Waals surface area contributed by atoms with E-state index in [9.17, 15) is 13.2 Å². The van der Waals surface area contributed by atoms with Crippen LogP contribution in [0.3, 0.4) is 0 Å². The number of amides is 1. The summed E-state index contributed by atoms with van der Waals surface area (Å²) >= 11 is 0. The third kappa shape index (κ3) is 3.56. The molecule has 0 aliphatic heterocycles. The molecule has 94 valence electrons. The summed E-state index contributed by atoms with van der Waals surface area (Å²) in [6.07, 6.45) is 3.15. The second-order valence-corrected chi connectivity index (χ2v) is 6.06. The van der Waals surface area contributed by atoms with E-state index in [-0.39, 0.29) is 24.3 Å². The molecule has 0 saturated heterocycles. The maximum absolute atomic E-state index is 11.7. The Bertz CT molecular complexity index is 518. The minimum atomic E-state index is -3.25. The smallest absolute Gasteiger partial charge is 0.251 e. The lowest BCUT2D eigenvalue weighted by Crippen LogP contribution is -2.25. The summed E-state index contributed by atoms with van der Waals surface area (Å²) in [5.74, 6) is -0.201. The molecule has 1 aromatic carbocycles. The van der Waals surface area contributed by atoms with Crippen LogP contribution in [0.2, 0.25) is 0 Å². The highest BCUT2D eigenvalue weighted by atomic mass is 32.2. The van der Waals surface area contributed by atoms with Crippen LogP contribution in [0.5, 0.6) is 0 Å². The number of benzene rings is 1. The van der Waals surface area contributed by atoms with Crippen LogP contribution in [0.25, 0.3) is 0 Å². The van der Waals surface area contributed by atoms with Gasteiger partial charge in [-0.1, -0.05) is 13.5 Å². The molecule has 0 spiro atoms. The molecule has 1 N–H and O–H groups in total. The van der Waals surface area contributed by atoms with Gasteiger partial charge in [0.05, 0.1) is 4.90 Å². The molecular formula is C12H17NO3S. The number of rotatable bonds is 3. The van der Waals surface area contributed by atoms with E-state index in [4.69, 9.17) is 0 Å². The number of hydrogen-bond donors (Lipinski definition) is 1. The van der Waals surface area contributed by atoms with Crippen LogP contribution in [0.15, 0.2) is 29.2 Å². The molecule has 1 fully saturated rings. The number of nitrogens with one attached hydrogen (secondary N) is 1. The van der Waals surface area contributed by atoms with E-state index in [1.165, 1.54) is 12.1 Å². The van der Waals surface area contributed by atoms with Gasteiger partial charge in [0, 0.05) is 17.9 Å². The first-order valence-corrected chi connectivity index (χ1v) is 6.97. The second-order valence-electron chi connectivity index (χ2n) is 4.05. The van der Waals surface area contributed by atoms with Crippen LogP contribution in [0.4, 0.5) is 0 Å². The lowest BCUT2D eigenvalue weighted by molar-refractivity contribution is 0.0951. The summed E-state index contributed by atoms with van der Waals surface area (Å²) in [6.45, 7) is 0. The predicted molar refractivity (Wildman–Crippen MR) is 66.8 cm³/mol. The van der Waals surface area contributed by atoms with E-state index in [1.807, 2.05) is 0 Å². The van der Waals surface area contributed by atoms with Gasteiger partial charge in [-0.05, 0) is 31.0 Å². The zero-order chi connectivity index (χ0) is 11.8. The van der Waals surface area contributed by atoms with E-state index < -0.39 is 9.84 Å². The number of carbonyl (C=O) groups excluding carboxylic acids is 1. The molecule has 1 aliphatic rings. The molecule has 2 rings (SSSR count). The summed E-state index contributed by atoms with van der Waals surface area (Å²) in [6, 6.07) is 6.37. The van der Waals surface area contributed by atoms with Gasteiger partial charge in [-0.15, -0.1) is 0 Å². The highest BCUT2D eigenvalue weighted by Crippen LogP contribution is 2.19. The van der Waals surface area contributed by atoms with Crippen molar-refractivity contribution in [2.24, 2.45) is 0 Å². The first kappa shape index (κ1) is 13.7. The van der Waals surface area contributed by atoms with Crippen LogP contribution in [-0.4, -0.2) is 26.6 Å². The van der Waals surface area contributed by atoms with Crippen LogP contribution in [0.1, 0.15) is 30.6 Å². The largest absolute Gasteiger partial charge is 0.349 e.